The molecule has 96 valence electrons. The summed E-state index contributed by atoms with van der Waals surface area (Å²) >= 11 is 0. The van der Waals surface area contributed by atoms with Crippen LogP contribution < -0.4 is 5.32 Å². The Morgan fingerprint density at radius 2 is 2.06 bits per heavy atom. The van der Waals surface area contributed by atoms with Crippen molar-refractivity contribution < 1.29 is 13.2 Å². The number of halogens is 3. The third-order valence-corrected chi connectivity index (χ3v) is 2.61. The lowest BCUT2D eigenvalue weighted by Gasteiger charge is -2.08. The zero-order valence-electron chi connectivity index (χ0n) is 9.75. The van der Waals surface area contributed by atoms with Crippen LogP contribution >= 0.6 is 0 Å². The second-order valence-corrected chi connectivity index (χ2v) is 3.87. The molecular formula is C12H12F3N3. The summed E-state index contributed by atoms with van der Waals surface area (Å²) in [5, 5.41) is 6.65. The van der Waals surface area contributed by atoms with E-state index in [0.717, 1.165) is 11.8 Å². The Morgan fingerprint density at radius 3 is 2.72 bits per heavy atom. The van der Waals surface area contributed by atoms with Gasteiger partial charge in [0.25, 0.3) is 0 Å². The van der Waals surface area contributed by atoms with Gasteiger partial charge in [-0.2, -0.15) is 5.10 Å². The maximum Gasteiger partial charge on any atom is 0.182 e. The van der Waals surface area contributed by atoms with Crippen molar-refractivity contribution in [2.45, 2.75) is 6.42 Å². The standard InChI is InChI=1S/C12H12F3N3/c1-18-9(3-5-17-18)2-4-16-11-7-8(13)6-10(14)12(11)15/h3,5-7,16H,2,4H2,1H3. The largest absolute Gasteiger partial charge is 0.382 e. The number of benzene rings is 1. The zero-order valence-corrected chi connectivity index (χ0v) is 9.75. The van der Waals surface area contributed by atoms with E-state index in [1.54, 1.807) is 17.9 Å². The molecule has 3 nitrogen and oxygen atoms in total. The van der Waals surface area contributed by atoms with Gasteiger partial charge in [0.15, 0.2) is 11.6 Å². The van der Waals surface area contributed by atoms with Gasteiger partial charge >= 0.3 is 0 Å². The molecule has 2 aromatic rings. The lowest BCUT2D eigenvalue weighted by molar-refractivity contribution is 0.497. The Labute approximate surface area is 102 Å². The lowest BCUT2D eigenvalue weighted by Crippen LogP contribution is -2.10. The van der Waals surface area contributed by atoms with Crippen molar-refractivity contribution in [3.63, 3.8) is 0 Å². The predicted molar refractivity (Wildman–Crippen MR) is 61.7 cm³/mol. The van der Waals surface area contributed by atoms with Gasteiger partial charge in [-0.05, 0) is 6.07 Å². The van der Waals surface area contributed by atoms with Crippen molar-refractivity contribution in [3.05, 3.63) is 47.5 Å². The van der Waals surface area contributed by atoms with Crippen LogP contribution in [0.25, 0.3) is 0 Å². The summed E-state index contributed by atoms with van der Waals surface area (Å²) in [5.41, 5.74) is 0.773. The SMILES string of the molecule is Cn1nccc1CCNc1cc(F)cc(F)c1F. The number of aryl methyl sites for hydroxylation is 1. The Kier molecular flexibility index (Phi) is 3.55. The molecule has 1 aromatic carbocycles. The molecule has 6 heteroatoms. The van der Waals surface area contributed by atoms with Gasteiger partial charge in [-0.3, -0.25) is 4.68 Å². The highest BCUT2D eigenvalue weighted by molar-refractivity contribution is 5.45. The Hall–Kier alpha value is -1.98. The molecule has 1 heterocycles. The van der Waals surface area contributed by atoms with E-state index < -0.39 is 17.5 Å². The number of rotatable bonds is 4. The van der Waals surface area contributed by atoms with Gasteiger partial charge in [0.05, 0.1) is 5.69 Å². The third kappa shape index (κ3) is 2.64. The normalized spacial score (nSPS) is 10.7. The first-order valence-electron chi connectivity index (χ1n) is 5.43. The molecule has 0 radical (unpaired) electrons. The van der Waals surface area contributed by atoms with Crippen molar-refractivity contribution in [3.8, 4) is 0 Å². The van der Waals surface area contributed by atoms with Crippen LogP contribution in [0, 0.1) is 17.5 Å². The van der Waals surface area contributed by atoms with Gasteiger partial charge in [-0.1, -0.05) is 0 Å². The minimum Gasteiger partial charge on any atom is -0.382 e. The second kappa shape index (κ2) is 5.12. The predicted octanol–water partition coefficient (Wildman–Crippen LogP) is 2.49. The minimum atomic E-state index is -1.20. The maximum atomic E-state index is 13.3. The molecule has 1 N–H and O–H groups in total. The summed E-state index contributed by atoms with van der Waals surface area (Å²) in [4.78, 5) is 0. The van der Waals surface area contributed by atoms with Gasteiger partial charge in [-0.25, -0.2) is 13.2 Å². The molecule has 0 aliphatic rings. The molecule has 2 rings (SSSR count). The van der Waals surface area contributed by atoms with Crippen molar-refractivity contribution in [2.75, 3.05) is 11.9 Å². The minimum absolute atomic E-state index is 0.172. The second-order valence-electron chi connectivity index (χ2n) is 3.87. The van der Waals surface area contributed by atoms with Gasteiger partial charge in [0, 0.05) is 44.0 Å². The highest BCUT2D eigenvalue weighted by atomic mass is 19.2. The third-order valence-electron chi connectivity index (χ3n) is 2.61. The van der Waals surface area contributed by atoms with Crippen LogP contribution in [0.1, 0.15) is 5.69 Å². The van der Waals surface area contributed by atoms with Crippen molar-refractivity contribution in [1.82, 2.24) is 9.78 Å². The average Bonchev–Trinajstić information content (AvgIpc) is 2.71. The number of anilines is 1. The molecule has 0 saturated heterocycles. The molecule has 0 unspecified atom stereocenters. The van der Waals surface area contributed by atoms with Crippen LogP contribution in [-0.2, 0) is 13.5 Å². The lowest BCUT2D eigenvalue weighted by atomic mass is 10.2. The van der Waals surface area contributed by atoms with Gasteiger partial charge in [0.1, 0.15) is 5.82 Å². The molecule has 0 atom stereocenters. The van der Waals surface area contributed by atoms with E-state index in [2.05, 4.69) is 10.4 Å². The van der Waals surface area contributed by atoms with E-state index in [4.69, 9.17) is 0 Å². The summed E-state index contributed by atoms with van der Waals surface area (Å²) in [5.74, 6) is -3.07. The summed E-state index contributed by atoms with van der Waals surface area (Å²) in [6, 6.07) is 3.27. The molecule has 0 saturated carbocycles. The average molecular weight is 255 g/mol. The number of hydrogen-bond donors (Lipinski definition) is 1. The topological polar surface area (TPSA) is 29.9 Å². The van der Waals surface area contributed by atoms with E-state index in [-0.39, 0.29) is 5.69 Å². The summed E-state index contributed by atoms with van der Waals surface area (Å²) in [7, 11) is 1.79. The van der Waals surface area contributed by atoms with E-state index in [9.17, 15) is 13.2 Å². The molecule has 0 amide bonds. The van der Waals surface area contributed by atoms with Crippen LogP contribution in [0.15, 0.2) is 24.4 Å². The molecule has 0 spiro atoms. The molecule has 0 fully saturated rings. The fraction of sp³-hybridized carbons (Fsp3) is 0.250. The van der Waals surface area contributed by atoms with E-state index in [1.807, 2.05) is 6.07 Å². The van der Waals surface area contributed by atoms with Crippen molar-refractivity contribution in [1.29, 1.82) is 0 Å². The van der Waals surface area contributed by atoms with E-state index in [0.29, 0.717) is 19.0 Å². The molecule has 1 aromatic heterocycles. The molecule has 18 heavy (non-hydrogen) atoms. The first-order chi connectivity index (χ1) is 8.58. The molecular weight excluding hydrogens is 243 g/mol. The monoisotopic (exact) mass is 255 g/mol. The van der Waals surface area contributed by atoms with Gasteiger partial charge in [-0.15, -0.1) is 0 Å². The zero-order chi connectivity index (χ0) is 13.1. The van der Waals surface area contributed by atoms with Crippen molar-refractivity contribution in [2.24, 2.45) is 7.05 Å². The fourth-order valence-corrected chi connectivity index (χ4v) is 1.66. The molecule has 0 aliphatic carbocycles. The number of hydrogen-bond acceptors (Lipinski definition) is 2. The Balaban J connectivity index is 2.01. The first kappa shape index (κ1) is 12.5. The van der Waals surface area contributed by atoms with Crippen LogP contribution in [0.3, 0.4) is 0 Å². The van der Waals surface area contributed by atoms with Crippen LogP contribution in [-0.4, -0.2) is 16.3 Å². The maximum absolute atomic E-state index is 13.3. The van der Waals surface area contributed by atoms with Gasteiger partial charge in [0.2, 0.25) is 0 Å². The summed E-state index contributed by atoms with van der Waals surface area (Å²) in [6.07, 6.45) is 2.23. The molecule has 0 bridgehead atoms. The first-order valence-corrected chi connectivity index (χ1v) is 5.43. The highest BCUT2D eigenvalue weighted by Crippen LogP contribution is 2.19. The number of aromatic nitrogens is 2. The van der Waals surface area contributed by atoms with Crippen LogP contribution in [0.5, 0.6) is 0 Å². The Bertz CT molecular complexity index is 551. The van der Waals surface area contributed by atoms with Gasteiger partial charge < -0.3 is 5.32 Å². The quantitative estimate of drug-likeness (QED) is 0.851. The fourth-order valence-electron chi connectivity index (χ4n) is 1.66. The summed E-state index contributed by atoms with van der Waals surface area (Å²) in [6.45, 7) is 0.360. The molecule has 0 aliphatic heterocycles. The Morgan fingerprint density at radius 1 is 1.28 bits per heavy atom. The highest BCUT2D eigenvalue weighted by Gasteiger charge is 2.10. The summed E-state index contributed by atoms with van der Waals surface area (Å²) < 4.78 is 40.8. The van der Waals surface area contributed by atoms with E-state index >= 15 is 0 Å². The number of nitrogens with zero attached hydrogens (tertiary/aromatic N) is 2. The van der Waals surface area contributed by atoms with Crippen LogP contribution in [0.4, 0.5) is 18.9 Å². The smallest absolute Gasteiger partial charge is 0.182 e. The number of nitrogens with one attached hydrogen (secondary N) is 1. The van der Waals surface area contributed by atoms with E-state index in [1.165, 1.54) is 0 Å². The van der Waals surface area contributed by atoms with Crippen molar-refractivity contribution >= 4 is 5.69 Å². The van der Waals surface area contributed by atoms with Crippen LogP contribution in [0.2, 0.25) is 0 Å².